The summed E-state index contributed by atoms with van der Waals surface area (Å²) in [7, 11) is -1.21. The van der Waals surface area contributed by atoms with E-state index < -0.39 is 14.0 Å². The lowest BCUT2D eigenvalue weighted by Crippen LogP contribution is -2.22. The fourth-order valence-electron chi connectivity index (χ4n) is 3.58. The van der Waals surface area contributed by atoms with E-state index in [0.717, 1.165) is 33.8 Å². The quantitative estimate of drug-likeness (QED) is 0.189. The second kappa shape index (κ2) is 10.1. The largest absolute Gasteiger partial charge is 0.501 e. The molecule has 170 valence electrons. The lowest BCUT2D eigenvalue weighted by atomic mass is 9.98. The molecule has 1 amide bonds. The van der Waals surface area contributed by atoms with Crippen molar-refractivity contribution in [2.45, 2.75) is 39.3 Å². The Morgan fingerprint density at radius 1 is 1.16 bits per heavy atom. The molecule has 4 N–H and O–H groups in total. The Labute approximate surface area is 190 Å². The Kier molecular flexibility index (Phi) is 7.43. The van der Waals surface area contributed by atoms with Crippen molar-refractivity contribution in [3.05, 3.63) is 60.0 Å². The zero-order valence-electron chi connectivity index (χ0n) is 19.4. The predicted octanol–water partition coefficient (Wildman–Crippen LogP) is 5.31. The molecule has 0 aliphatic heterocycles. The average Bonchev–Trinajstić information content (AvgIpc) is 3.08. The summed E-state index contributed by atoms with van der Waals surface area (Å²) in [5.74, 6) is -0.476. The SMILES string of the molecule is CCO/C=C/c1cc2c(-c3cccc(N)c3)ccc(C(N)=O)c2n1COCC[Si](C)(C)C. The molecular weight excluding hydrogens is 418 g/mol. The first-order valence-electron chi connectivity index (χ1n) is 10.9. The third-order valence-electron chi connectivity index (χ3n) is 5.27. The van der Waals surface area contributed by atoms with E-state index in [4.69, 9.17) is 20.9 Å². The van der Waals surface area contributed by atoms with Gasteiger partial charge in [0.1, 0.15) is 6.73 Å². The summed E-state index contributed by atoms with van der Waals surface area (Å²) in [6.45, 7) is 10.5. The fraction of sp³-hybridized carbons (Fsp3) is 0.320. The third-order valence-corrected chi connectivity index (χ3v) is 6.98. The predicted molar refractivity (Wildman–Crippen MR) is 135 cm³/mol. The number of benzene rings is 2. The summed E-state index contributed by atoms with van der Waals surface area (Å²) in [6.07, 6.45) is 3.55. The minimum absolute atomic E-state index is 0.320. The molecule has 0 atom stereocenters. The number of hydrogen-bond acceptors (Lipinski definition) is 4. The van der Waals surface area contributed by atoms with E-state index in [1.165, 1.54) is 0 Å². The Morgan fingerprint density at radius 2 is 1.94 bits per heavy atom. The molecule has 0 aliphatic carbocycles. The highest BCUT2D eigenvalue weighted by Crippen LogP contribution is 2.34. The lowest BCUT2D eigenvalue weighted by molar-refractivity contribution is 0.0895. The normalized spacial score (nSPS) is 12.0. The van der Waals surface area contributed by atoms with Crippen LogP contribution in [0, 0.1) is 0 Å². The number of carbonyl (C=O) groups excluding carboxylic acids is 1. The number of anilines is 1. The van der Waals surface area contributed by atoms with Crippen LogP contribution in [0.4, 0.5) is 5.69 Å². The van der Waals surface area contributed by atoms with Gasteiger partial charge in [-0.1, -0.05) is 37.8 Å². The summed E-state index contributed by atoms with van der Waals surface area (Å²) in [6, 6.07) is 14.5. The van der Waals surface area contributed by atoms with E-state index in [9.17, 15) is 4.79 Å². The van der Waals surface area contributed by atoms with E-state index in [2.05, 4.69) is 19.6 Å². The molecule has 0 unspecified atom stereocenters. The molecule has 0 saturated heterocycles. The zero-order chi connectivity index (χ0) is 23.3. The van der Waals surface area contributed by atoms with E-state index in [-0.39, 0.29) is 0 Å². The van der Waals surface area contributed by atoms with E-state index in [1.54, 1.807) is 12.3 Å². The number of aromatic nitrogens is 1. The van der Waals surface area contributed by atoms with Crippen LogP contribution >= 0.6 is 0 Å². The first kappa shape index (κ1) is 23.6. The van der Waals surface area contributed by atoms with Gasteiger partial charge in [0.25, 0.3) is 5.91 Å². The Hall–Kier alpha value is -3.03. The number of rotatable bonds is 10. The van der Waals surface area contributed by atoms with Crippen molar-refractivity contribution in [1.82, 2.24) is 4.57 Å². The number of nitrogen functional groups attached to an aromatic ring is 1. The molecule has 6 nitrogen and oxygen atoms in total. The van der Waals surface area contributed by atoms with Crippen molar-refractivity contribution >= 4 is 36.6 Å². The number of nitrogens with zero attached hydrogens (tertiary/aromatic N) is 1. The Bertz CT molecular complexity index is 1130. The van der Waals surface area contributed by atoms with Gasteiger partial charge in [0.05, 0.1) is 23.9 Å². The molecule has 0 radical (unpaired) electrons. The van der Waals surface area contributed by atoms with Crippen molar-refractivity contribution in [3.8, 4) is 11.1 Å². The highest BCUT2D eigenvalue weighted by atomic mass is 28.3. The lowest BCUT2D eigenvalue weighted by Gasteiger charge is -2.17. The molecule has 0 saturated carbocycles. The molecule has 1 heterocycles. The zero-order valence-corrected chi connectivity index (χ0v) is 20.4. The number of ether oxygens (including phenoxy) is 2. The molecule has 32 heavy (non-hydrogen) atoms. The summed E-state index contributed by atoms with van der Waals surface area (Å²) in [5.41, 5.74) is 16.5. The summed E-state index contributed by atoms with van der Waals surface area (Å²) >= 11 is 0. The number of nitrogens with two attached hydrogens (primary N) is 2. The molecular formula is C25H33N3O3Si. The monoisotopic (exact) mass is 451 g/mol. The molecule has 0 aliphatic rings. The van der Waals surface area contributed by atoms with Crippen molar-refractivity contribution in [1.29, 1.82) is 0 Å². The topological polar surface area (TPSA) is 92.5 Å². The van der Waals surface area contributed by atoms with Gasteiger partial charge in [0.15, 0.2) is 0 Å². The minimum atomic E-state index is -1.21. The molecule has 3 aromatic rings. The van der Waals surface area contributed by atoms with Gasteiger partial charge in [-0.05, 0) is 54.4 Å². The standard InChI is InChI=1S/C25H33N3O3Si/c1-5-30-12-11-20-16-23-21(18-7-6-8-19(26)15-18)9-10-22(25(27)29)24(23)28(20)17-31-13-14-32(2,3)4/h6-12,15-16H,5,13-14,17,26H2,1-4H3,(H2,27,29)/b12-11+. The molecule has 1 aromatic heterocycles. The summed E-state index contributed by atoms with van der Waals surface area (Å²) in [5, 5.41) is 0.914. The van der Waals surface area contributed by atoms with Gasteiger partial charge in [-0.2, -0.15) is 0 Å². The van der Waals surface area contributed by atoms with Crippen LogP contribution in [-0.4, -0.2) is 31.8 Å². The maximum atomic E-state index is 12.3. The number of amides is 1. The fourth-order valence-corrected chi connectivity index (χ4v) is 4.34. The molecule has 3 rings (SSSR count). The van der Waals surface area contributed by atoms with Gasteiger partial charge in [-0.25, -0.2) is 0 Å². The smallest absolute Gasteiger partial charge is 0.250 e. The van der Waals surface area contributed by atoms with Crippen LogP contribution in [-0.2, 0) is 16.2 Å². The maximum Gasteiger partial charge on any atom is 0.250 e. The second-order valence-corrected chi connectivity index (χ2v) is 14.6. The average molecular weight is 452 g/mol. The molecule has 0 fully saturated rings. The van der Waals surface area contributed by atoms with E-state index in [0.29, 0.717) is 31.2 Å². The van der Waals surface area contributed by atoms with Crippen molar-refractivity contribution in [2.75, 3.05) is 18.9 Å². The number of hydrogen-bond donors (Lipinski definition) is 2. The number of fused-ring (bicyclic) bond motifs is 1. The van der Waals surface area contributed by atoms with Gasteiger partial charge in [-0.3, -0.25) is 4.79 Å². The molecule has 2 aromatic carbocycles. The number of primary amides is 1. The third kappa shape index (κ3) is 5.60. The van der Waals surface area contributed by atoms with Crippen molar-refractivity contribution in [3.63, 3.8) is 0 Å². The van der Waals surface area contributed by atoms with Crippen molar-refractivity contribution < 1.29 is 14.3 Å². The van der Waals surface area contributed by atoms with Crippen LogP contribution in [0.3, 0.4) is 0 Å². The summed E-state index contributed by atoms with van der Waals surface area (Å²) in [4.78, 5) is 12.3. The number of carbonyl (C=O) groups is 1. The van der Waals surface area contributed by atoms with Crippen LogP contribution < -0.4 is 11.5 Å². The van der Waals surface area contributed by atoms with Gasteiger partial charge >= 0.3 is 0 Å². The highest BCUT2D eigenvalue weighted by Gasteiger charge is 2.19. The van der Waals surface area contributed by atoms with E-state index in [1.807, 2.05) is 54.0 Å². The maximum absolute atomic E-state index is 12.3. The first-order valence-corrected chi connectivity index (χ1v) is 14.6. The van der Waals surface area contributed by atoms with Crippen LogP contribution in [0.15, 0.2) is 48.7 Å². The van der Waals surface area contributed by atoms with Gasteiger partial charge in [0.2, 0.25) is 0 Å². The van der Waals surface area contributed by atoms with Gasteiger partial charge in [0, 0.05) is 31.4 Å². The second-order valence-electron chi connectivity index (χ2n) is 9.02. The van der Waals surface area contributed by atoms with Crippen molar-refractivity contribution in [2.24, 2.45) is 5.73 Å². The minimum Gasteiger partial charge on any atom is -0.501 e. The Balaban J connectivity index is 2.15. The first-order chi connectivity index (χ1) is 15.2. The van der Waals surface area contributed by atoms with Crippen LogP contribution in [0.5, 0.6) is 0 Å². The van der Waals surface area contributed by atoms with Crippen LogP contribution in [0.2, 0.25) is 25.7 Å². The van der Waals surface area contributed by atoms with E-state index >= 15 is 0 Å². The highest BCUT2D eigenvalue weighted by molar-refractivity contribution is 6.76. The van der Waals surface area contributed by atoms with Crippen LogP contribution in [0.1, 0.15) is 23.0 Å². The van der Waals surface area contributed by atoms with Gasteiger partial charge in [-0.15, -0.1) is 0 Å². The molecule has 7 heteroatoms. The molecule has 0 spiro atoms. The summed E-state index contributed by atoms with van der Waals surface area (Å²) < 4.78 is 13.5. The molecule has 0 bridgehead atoms. The van der Waals surface area contributed by atoms with Gasteiger partial charge < -0.3 is 25.5 Å². The Morgan fingerprint density at radius 3 is 2.59 bits per heavy atom. The van der Waals surface area contributed by atoms with Crippen LogP contribution in [0.25, 0.3) is 28.1 Å².